The lowest BCUT2D eigenvalue weighted by Gasteiger charge is -2.58. The number of piperidine rings is 1. The minimum atomic E-state index is -0.198. The number of rotatable bonds is 1. The van der Waals surface area contributed by atoms with Crippen LogP contribution in [0, 0.1) is 28.6 Å². The number of aliphatic hydroxyl groups is 1. The Balaban J connectivity index is 1.51. The number of ketones is 1. The zero-order valence-electron chi connectivity index (χ0n) is 15.3. The summed E-state index contributed by atoms with van der Waals surface area (Å²) in [4.78, 5) is 12.5. The molecule has 0 unspecified atom stereocenters. The molecule has 0 aromatic rings. The molecule has 1 heterocycles. The van der Waals surface area contributed by atoms with Crippen LogP contribution in [0.2, 0.25) is 0 Å². The van der Waals surface area contributed by atoms with E-state index in [0.29, 0.717) is 23.2 Å². The summed E-state index contributed by atoms with van der Waals surface area (Å²) in [5, 5.41) is 13.7. The summed E-state index contributed by atoms with van der Waals surface area (Å²) in [6.07, 6.45) is 10.2. The van der Waals surface area contributed by atoms with Crippen LogP contribution in [0.1, 0.15) is 65.7 Å². The zero-order chi connectivity index (χ0) is 16.9. The van der Waals surface area contributed by atoms with Crippen molar-refractivity contribution >= 4 is 5.78 Å². The monoisotopic (exact) mass is 329 g/mol. The van der Waals surface area contributed by atoms with Crippen molar-refractivity contribution in [3.63, 3.8) is 0 Å². The van der Waals surface area contributed by atoms with Crippen LogP contribution < -0.4 is 5.32 Å². The molecule has 0 spiro atoms. The summed E-state index contributed by atoms with van der Waals surface area (Å²) >= 11 is 0. The van der Waals surface area contributed by atoms with Gasteiger partial charge in [-0.2, -0.15) is 0 Å². The maximum Gasteiger partial charge on any atom is 0.151 e. The molecule has 0 amide bonds. The number of aliphatic hydroxyl groups excluding tert-OH is 1. The first kappa shape index (κ1) is 15.6. The van der Waals surface area contributed by atoms with Crippen molar-refractivity contribution in [2.24, 2.45) is 28.6 Å². The third kappa shape index (κ3) is 1.60. The molecule has 5 aliphatic rings. The third-order valence-corrected chi connectivity index (χ3v) is 9.25. The van der Waals surface area contributed by atoms with Crippen molar-refractivity contribution in [2.45, 2.75) is 83.4 Å². The van der Waals surface area contributed by atoms with Crippen LogP contribution in [-0.4, -0.2) is 28.6 Å². The maximum atomic E-state index is 12.5. The van der Waals surface area contributed by atoms with Gasteiger partial charge >= 0.3 is 0 Å². The molecule has 1 saturated heterocycles. The Labute approximate surface area is 145 Å². The number of fused-ring (bicyclic) bond motifs is 7. The van der Waals surface area contributed by atoms with Crippen molar-refractivity contribution < 1.29 is 9.90 Å². The number of allylic oxidation sites excluding steroid dienone is 1. The molecular weight excluding hydrogens is 298 g/mol. The highest BCUT2D eigenvalue weighted by Gasteiger charge is 2.77. The van der Waals surface area contributed by atoms with Gasteiger partial charge in [-0.25, -0.2) is 0 Å². The Morgan fingerprint density at radius 1 is 1.25 bits per heavy atom. The fourth-order valence-corrected chi connectivity index (χ4v) is 7.92. The Kier molecular flexibility index (Phi) is 2.94. The van der Waals surface area contributed by atoms with E-state index in [0.717, 1.165) is 31.1 Å². The first-order valence-electron chi connectivity index (χ1n) is 9.99. The largest absolute Gasteiger partial charge is 0.393 e. The van der Waals surface area contributed by atoms with Gasteiger partial charge in [-0.3, -0.25) is 10.1 Å². The summed E-state index contributed by atoms with van der Waals surface area (Å²) in [5.41, 5.74) is 1.79. The number of hydrogen-bond donors (Lipinski definition) is 2. The highest BCUT2D eigenvalue weighted by molar-refractivity contribution is 5.92. The molecular formula is C21H31NO2. The lowest BCUT2D eigenvalue weighted by atomic mass is 9.46. The van der Waals surface area contributed by atoms with Gasteiger partial charge in [0.15, 0.2) is 5.78 Å². The van der Waals surface area contributed by atoms with Gasteiger partial charge in [-0.15, -0.1) is 0 Å². The Morgan fingerprint density at radius 2 is 2.04 bits per heavy atom. The second-order valence-electron chi connectivity index (χ2n) is 9.91. The predicted octanol–water partition coefficient (Wildman–Crippen LogP) is 3.22. The van der Waals surface area contributed by atoms with E-state index in [-0.39, 0.29) is 17.1 Å². The molecule has 0 radical (unpaired) electrons. The minimum Gasteiger partial charge on any atom is -0.393 e. The molecule has 0 aromatic heterocycles. The van der Waals surface area contributed by atoms with E-state index in [1.807, 2.05) is 0 Å². The Morgan fingerprint density at radius 3 is 2.79 bits per heavy atom. The van der Waals surface area contributed by atoms with Crippen LogP contribution in [0.5, 0.6) is 0 Å². The van der Waals surface area contributed by atoms with Gasteiger partial charge < -0.3 is 5.11 Å². The van der Waals surface area contributed by atoms with Crippen LogP contribution in [-0.2, 0) is 4.79 Å². The average molecular weight is 329 g/mol. The van der Waals surface area contributed by atoms with Crippen molar-refractivity contribution in [2.75, 3.05) is 0 Å². The van der Waals surface area contributed by atoms with Crippen LogP contribution in [0.25, 0.3) is 0 Å². The zero-order valence-corrected chi connectivity index (χ0v) is 15.3. The molecule has 2 N–H and O–H groups in total. The van der Waals surface area contributed by atoms with Crippen LogP contribution in [0.15, 0.2) is 11.6 Å². The molecule has 0 bridgehead atoms. The third-order valence-electron chi connectivity index (χ3n) is 9.25. The van der Waals surface area contributed by atoms with Gasteiger partial charge in [-0.05, 0) is 80.5 Å². The number of Topliss-reactive ketones (excluding diaryl/α,β-unsaturated/α-hetero) is 1. The number of hydrogen-bond acceptors (Lipinski definition) is 3. The van der Waals surface area contributed by atoms with Crippen LogP contribution in [0.3, 0.4) is 0 Å². The second kappa shape index (κ2) is 4.54. The average Bonchev–Trinajstić information content (AvgIpc) is 3.21. The first-order valence-corrected chi connectivity index (χ1v) is 9.99. The van der Waals surface area contributed by atoms with Crippen molar-refractivity contribution in [1.29, 1.82) is 0 Å². The fraction of sp³-hybridized carbons (Fsp3) is 0.857. The molecule has 0 aromatic carbocycles. The molecule has 5 rings (SSSR count). The molecule has 4 fully saturated rings. The molecule has 132 valence electrons. The quantitative estimate of drug-likeness (QED) is 0.573. The standard InChI is InChI=1S/C21H31NO2/c1-12(23)21-18(22-21)11-17-15-5-4-13-10-14(24)6-8-19(13,2)16(15)7-9-20(17,21)3/h4,14-18,22,24H,5-11H2,1-3H3/t14-,15-,16+,17+,18+,19-,20-,21-/m0/s1. The lowest BCUT2D eigenvalue weighted by molar-refractivity contribution is -0.126. The highest BCUT2D eigenvalue weighted by Crippen LogP contribution is 2.70. The molecule has 24 heavy (non-hydrogen) atoms. The van der Waals surface area contributed by atoms with Crippen molar-refractivity contribution in [1.82, 2.24) is 5.32 Å². The van der Waals surface area contributed by atoms with Crippen LogP contribution in [0.4, 0.5) is 0 Å². The van der Waals surface area contributed by atoms with E-state index in [4.69, 9.17) is 0 Å². The first-order chi connectivity index (χ1) is 11.3. The smallest absolute Gasteiger partial charge is 0.151 e. The summed E-state index contributed by atoms with van der Waals surface area (Å²) < 4.78 is 0. The SMILES string of the molecule is CC(=O)[C@]12N[C@@H]1C[C@@H]1[C@H]3CC=C4C[C@@H](O)CC[C@]4(C)[C@@H]3CC[C@@]12C. The maximum absolute atomic E-state index is 12.5. The predicted molar refractivity (Wildman–Crippen MR) is 93.4 cm³/mol. The van der Waals surface area contributed by atoms with Crippen molar-refractivity contribution in [3.05, 3.63) is 11.6 Å². The molecule has 3 heteroatoms. The second-order valence-corrected chi connectivity index (χ2v) is 9.91. The van der Waals surface area contributed by atoms with E-state index in [9.17, 15) is 9.90 Å². The van der Waals surface area contributed by atoms with Gasteiger partial charge in [0, 0.05) is 6.04 Å². The van der Waals surface area contributed by atoms with Gasteiger partial charge in [0.25, 0.3) is 0 Å². The highest BCUT2D eigenvalue weighted by atomic mass is 16.3. The molecule has 1 aliphatic heterocycles. The molecule has 3 nitrogen and oxygen atoms in total. The van der Waals surface area contributed by atoms with Gasteiger partial charge in [0.2, 0.25) is 0 Å². The molecule has 4 aliphatic carbocycles. The topological polar surface area (TPSA) is 59.2 Å². The normalized spacial score (nSPS) is 58.0. The van der Waals surface area contributed by atoms with Gasteiger partial charge in [0.1, 0.15) is 0 Å². The van der Waals surface area contributed by atoms with E-state index >= 15 is 0 Å². The van der Waals surface area contributed by atoms with E-state index < -0.39 is 0 Å². The minimum absolute atomic E-state index is 0.126. The lowest BCUT2D eigenvalue weighted by Crippen LogP contribution is -2.55. The Bertz CT molecular complexity index is 642. The van der Waals surface area contributed by atoms with Crippen LogP contribution >= 0.6 is 0 Å². The van der Waals surface area contributed by atoms with E-state index in [1.165, 1.54) is 31.3 Å². The van der Waals surface area contributed by atoms with Gasteiger partial charge in [-0.1, -0.05) is 25.5 Å². The van der Waals surface area contributed by atoms with Crippen molar-refractivity contribution in [3.8, 4) is 0 Å². The summed E-state index contributed by atoms with van der Waals surface area (Å²) in [6.45, 7) is 6.68. The van der Waals surface area contributed by atoms with E-state index in [1.54, 1.807) is 6.92 Å². The number of carbonyl (C=O) groups excluding carboxylic acids is 1. The Hall–Kier alpha value is -0.670. The van der Waals surface area contributed by atoms with E-state index in [2.05, 4.69) is 25.2 Å². The van der Waals surface area contributed by atoms with Gasteiger partial charge in [0.05, 0.1) is 11.6 Å². The fourth-order valence-electron chi connectivity index (χ4n) is 7.92. The number of nitrogens with one attached hydrogen (secondary N) is 1. The summed E-state index contributed by atoms with van der Waals surface area (Å²) in [7, 11) is 0. The summed E-state index contributed by atoms with van der Waals surface area (Å²) in [5.74, 6) is 2.55. The summed E-state index contributed by atoms with van der Waals surface area (Å²) in [6, 6.07) is 0.440. The molecule has 3 saturated carbocycles. The number of carbonyl (C=O) groups is 1. The molecule has 8 atom stereocenters.